The van der Waals surface area contributed by atoms with Crippen LogP contribution in [-0.4, -0.2) is 35.3 Å². The minimum atomic E-state index is -1.10. The first-order chi connectivity index (χ1) is 24.6. The molecule has 1 fully saturated rings. The van der Waals surface area contributed by atoms with Gasteiger partial charge in [-0.15, -0.1) is 11.8 Å². The van der Waals surface area contributed by atoms with E-state index in [0.29, 0.717) is 33.0 Å². The molecule has 5 aromatic carbocycles. The van der Waals surface area contributed by atoms with Gasteiger partial charge in [0.1, 0.15) is 24.1 Å². The summed E-state index contributed by atoms with van der Waals surface area (Å²) in [6.07, 6.45) is -1.78. The van der Waals surface area contributed by atoms with Crippen LogP contribution in [-0.2, 0) is 68.3 Å². The Morgan fingerprint density at radius 1 is 0.660 bits per heavy atom. The number of rotatable bonds is 14. The van der Waals surface area contributed by atoms with Crippen LogP contribution in [0.5, 0.6) is 0 Å². The molecule has 5 aromatic rings. The molecule has 0 unspecified atom stereocenters. The van der Waals surface area contributed by atoms with E-state index in [1.165, 1.54) is 6.07 Å². The molecule has 1 N–H and O–H groups in total. The zero-order chi connectivity index (χ0) is 34.2. The maximum atomic E-state index is 15.1. The highest BCUT2D eigenvalue weighted by atomic mass is 32.2. The SMILES string of the molecule is OCc1cc2c(cc1F)CO[C@]21S[C@H](COCc2ccccc2)[C@@H](OCc2ccccc2)[C@H](OCc2ccccc2)[C@H]1OCc1ccccc1. The predicted octanol–water partition coefficient (Wildman–Crippen LogP) is 8.09. The quantitative estimate of drug-likeness (QED) is 0.126. The highest BCUT2D eigenvalue weighted by molar-refractivity contribution is 8.00. The van der Waals surface area contributed by atoms with E-state index in [9.17, 15) is 5.11 Å². The summed E-state index contributed by atoms with van der Waals surface area (Å²) in [5.74, 6) is -0.460. The maximum absolute atomic E-state index is 15.1. The molecule has 0 aromatic heterocycles. The van der Waals surface area contributed by atoms with E-state index < -0.39 is 35.7 Å². The lowest BCUT2D eigenvalue weighted by molar-refractivity contribution is -0.207. The molecule has 7 rings (SSSR count). The summed E-state index contributed by atoms with van der Waals surface area (Å²) in [5.41, 5.74) is 5.81. The van der Waals surface area contributed by atoms with Crippen molar-refractivity contribution in [2.45, 2.75) is 68.1 Å². The molecule has 2 aliphatic heterocycles. The zero-order valence-corrected chi connectivity index (χ0v) is 28.6. The Morgan fingerprint density at radius 2 is 1.16 bits per heavy atom. The second-order valence-electron chi connectivity index (χ2n) is 12.6. The number of ether oxygens (including phenoxy) is 5. The van der Waals surface area contributed by atoms with Crippen LogP contribution in [0, 0.1) is 5.82 Å². The molecule has 2 aliphatic rings. The van der Waals surface area contributed by atoms with Gasteiger partial charge in [-0.05, 0) is 39.9 Å². The Kier molecular flexibility index (Phi) is 11.4. The lowest BCUT2D eigenvalue weighted by Gasteiger charge is -2.50. The molecule has 2 heterocycles. The fraction of sp³-hybridized carbons (Fsp3) is 0.286. The summed E-state index contributed by atoms with van der Waals surface area (Å²) >= 11 is 1.57. The van der Waals surface area contributed by atoms with Crippen LogP contribution in [0.3, 0.4) is 0 Å². The van der Waals surface area contributed by atoms with Gasteiger partial charge in [0.05, 0.1) is 51.5 Å². The van der Waals surface area contributed by atoms with Crippen LogP contribution >= 0.6 is 11.8 Å². The standard InChI is InChI=1S/C42H41FO6S/c43-37-22-35-28-49-42(36(35)21-34(37)23-44)41(48-27-33-19-11-4-12-20-33)40(47-26-32-17-9-3-10-18-32)39(46-25-31-15-7-2-8-16-31)38(50-42)29-45-24-30-13-5-1-6-14-30/h1-22,38-41,44H,23-29H2/t38-,39-,40+,41-,42+/m1/s1. The van der Waals surface area contributed by atoms with Gasteiger partial charge < -0.3 is 28.8 Å². The molecular formula is C42H41FO6S. The van der Waals surface area contributed by atoms with Crippen molar-refractivity contribution in [3.8, 4) is 0 Å². The van der Waals surface area contributed by atoms with Gasteiger partial charge in [0.2, 0.25) is 0 Å². The van der Waals surface area contributed by atoms with Crippen LogP contribution in [0.2, 0.25) is 0 Å². The van der Waals surface area contributed by atoms with Gasteiger partial charge in [0.25, 0.3) is 0 Å². The summed E-state index contributed by atoms with van der Waals surface area (Å²) in [6.45, 7) is 1.50. The summed E-state index contributed by atoms with van der Waals surface area (Å²) < 4.78 is 49.0. The third-order valence-corrected chi connectivity index (χ3v) is 10.8. The Labute approximate surface area is 297 Å². The molecule has 0 aliphatic carbocycles. The maximum Gasteiger partial charge on any atom is 0.169 e. The summed E-state index contributed by atoms with van der Waals surface area (Å²) in [4.78, 5) is -1.10. The second-order valence-corrected chi connectivity index (χ2v) is 14.1. The molecule has 1 saturated heterocycles. The Morgan fingerprint density at radius 3 is 1.70 bits per heavy atom. The van der Waals surface area contributed by atoms with Gasteiger partial charge in [0.15, 0.2) is 4.93 Å². The topological polar surface area (TPSA) is 66.4 Å². The Balaban J connectivity index is 1.30. The van der Waals surface area contributed by atoms with Crippen molar-refractivity contribution in [1.29, 1.82) is 0 Å². The van der Waals surface area contributed by atoms with Crippen molar-refractivity contribution in [3.05, 3.63) is 178 Å². The van der Waals surface area contributed by atoms with E-state index in [2.05, 4.69) is 0 Å². The van der Waals surface area contributed by atoms with Crippen molar-refractivity contribution in [1.82, 2.24) is 0 Å². The second kappa shape index (κ2) is 16.4. The fourth-order valence-corrected chi connectivity index (χ4v) is 8.42. The minimum Gasteiger partial charge on any atom is -0.392 e. The summed E-state index contributed by atoms with van der Waals surface area (Å²) in [6, 6.07) is 43.4. The van der Waals surface area contributed by atoms with Crippen LogP contribution in [0.4, 0.5) is 4.39 Å². The van der Waals surface area contributed by atoms with Gasteiger partial charge >= 0.3 is 0 Å². The molecule has 8 heteroatoms. The highest BCUT2D eigenvalue weighted by Gasteiger charge is 2.60. The smallest absolute Gasteiger partial charge is 0.169 e. The monoisotopic (exact) mass is 692 g/mol. The lowest BCUT2D eigenvalue weighted by Crippen LogP contribution is -2.61. The summed E-state index contributed by atoms with van der Waals surface area (Å²) in [5, 5.41) is 9.86. The highest BCUT2D eigenvalue weighted by Crippen LogP contribution is 2.57. The average Bonchev–Trinajstić information content (AvgIpc) is 3.50. The number of thioether (sulfide) groups is 1. The zero-order valence-electron chi connectivity index (χ0n) is 27.7. The first-order valence-electron chi connectivity index (χ1n) is 17.0. The molecule has 1 spiro atoms. The number of aliphatic hydroxyl groups is 1. The van der Waals surface area contributed by atoms with Gasteiger partial charge in [-0.2, -0.15) is 0 Å². The van der Waals surface area contributed by atoms with Crippen molar-refractivity contribution >= 4 is 11.8 Å². The number of halogens is 1. The van der Waals surface area contributed by atoms with Crippen molar-refractivity contribution in [3.63, 3.8) is 0 Å². The number of fused-ring (bicyclic) bond motifs is 2. The van der Waals surface area contributed by atoms with E-state index in [1.54, 1.807) is 17.8 Å². The Bertz CT molecular complexity index is 1800. The normalized spacial score (nSPS) is 22.8. The number of aliphatic hydroxyl groups excluding tert-OH is 1. The third kappa shape index (κ3) is 7.87. The van der Waals surface area contributed by atoms with Gasteiger partial charge in [-0.3, -0.25) is 0 Å². The molecule has 6 nitrogen and oxygen atoms in total. The van der Waals surface area contributed by atoms with Crippen molar-refractivity contribution < 1.29 is 33.2 Å². The van der Waals surface area contributed by atoms with E-state index in [4.69, 9.17) is 23.7 Å². The van der Waals surface area contributed by atoms with E-state index in [1.807, 2.05) is 121 Å². The molecule has 0 bridgehead atoms. The van der Waals surface area contributed by atoms with Gasteiger partial charge in [-0.1, -0.05) is 121 Å². The van der Waals surface area contributed by atoms with Crippen LogP contribution in [0.1, 0.15) is 38.9 Å². The molecule has 258 valence electrons. The predicted molar refractivity (Wildman–Crippen MR) is 191 cm³/mol. The number of benzene rings is 5. The molecule has 50 heavy (non-hydrogen) atoms. The molecular weight excluding hydrogens is 652 g/mol. The minimum absolute atomic E-state index is 0.189. The molecule has 0 saturated carbocycles. The van der Waals surface area contributed by atoms with E-state index in [-0.39, 0.29) is 17.4 Å². The molecule has 5 atom stereocenters. The lowest BCUT2D eigenvalue weighted by atomic mass is 9.91. The average molecular weight is 693 g/mol. The van der Waals surface area contributed by atoms with Crippen LogP contribution < -0.4 is 0 Å². The largest absolute Gasteiger partial charge is 0.392 e. The first-order valence-corrected chi connectivity index (χ1v) is 17.8. The first kappa shape index (κ1) is 34.6. The Hall–Kier alpha value is -3.86. The van der Waals surface area contributed by atoms with Gasteiger partial charge in [0, 0.05) is 11.1 Å². The molecule has 0 radical (unpaired) electrons. The van der Waals surface area contributed by atoms with Crippen LogP contribution in [0.25, 0.3) is 0 Å². The fourth-order valence-electron chi connectivity index (χ4n) is 6.66. The molecule has 0 amide bonds. The van der Waals surface area contributed by atoms with Crippen molar-refractivity contribution in [2.75, 3.05) is 6.61 Å². The summed E-state index contributed by atoms with van der Waals surface area (Å²) in [7, 11) is 0. The van der Waals surface area contributed by atoms with Crippen LogP contribution in [0.15, 0.2) is 133 Å². The number of hydrogen-bond acceptors (Lipinski definition) is 7. The van der Waals surface area contributed by atoms with Crippen molar-refractivity contribution in [2.24, 2.45) is 0 Å². The van der Waals surface area contributed by atoms with E-state index >= 15 is 4.39 Å². The van der Waals surface area contributed by atoms with E-state index in [0.717, 1.165) is 33.4 Å². The third-order valence-electron chi connectivity index (χ3n) is 9.19. The van der Waals surface area contributed by atoms with Gasteiger partial charge in [-0.25, -0.2) is 4.39 Å². The number of hydrogen-bond donors (Lipinski definition) is 1.